The summed E-state index contributed by atoms with van der Waals surface area (Å²) in [6.45, 7) is 0.541. The van der Waals surface area contributed by atoms with Crippen LogP contribution in [0.2, 0.25) is 0 Å². The molecule has 0 aromatic heterocycles. The fourth-order valence-electron chi connectivity index (χ4n) is 3.40. The average molecular weight is 348 g/mol. The molecule has 25 heavy (non-hydrogen) atoms. The zero-order valence-electron chi connectivity index (χ0n) is 14.0. The monoisotopic (exact) mass is 348 g/mol. The number of aliphatic hydroxyl groups is 1. The Morgan fingerprint density at radius 3 is 2.24 bits per heavy atom. The van der Waals surface area contributed by atoms with E-state index >= 15 is 0 Å². The molecule has 3 rings (SSSR count). The van der Waals surface area contributed by atoms with Crippen molar-refractivity contribution in [2.45, 2.75) is 37.3 Å². The van der Waals surface area contributed by atoms with Crippen LogP contribution in [-0.4, -0.2) is 41.3 Å². The molecule has 0 spiro atoms. The van der Waals surface area contributed by atoms with E-state index in [9.17, 15) is 13.9 Å². The Hall–Kier alpha value is -2.02. The third-order valence-electron chi connectivity index (χ3n) is 4.63. The Kier molecular flexibility index (Phi) is 5.32. The summed E-state index contributed by atoms with van der Waals surface area (Å²) in [6, 6.07) is 11.4. The lowest BCUT2D eigenvalue weighted by Crippen LogP contribution is -2.48. The van der Waals surface area contributed by atoms with Gasteiger partial charge in [0.1, 0.15) is 29.6 Å². The summed E-state index contributed by atoms with van der Waals surface area (Å²) in [5.74, 6) is -0.121. The number of halogens is 2. The summed E-state index contributed by atoms with van der Waals surface area (Å²) < 4.78 is 31.8. The van der Waals surface area contributed by atoms with Crippen molar-refractivity contribution in [2.75, 3.05) is 7.05 Å². The Morgan fingerprint density at radius 2 is 1.64 bits per heavy atom. The van der Waals surface area contributed by atoms with Crippen molar-refractivity contribution in [3.8, 4) is 5.75 Å². The topological polar surface area (TPSA) is 58.7 Å². The lowest BCUT2D eigenvalue weighted by Gasteiger charge is -2.30. The van der Waals surface area contributed by atoms with Crippen LogP contribution in [0.4, 0.5) is 8.78 Å². The summed E-state index contributed by atoms with van der Waals surface area (Å²) in [6.07, 6.45) is -0.733. The first-order valence-corrected chi connectivity index (χ1v) is 8.24. The molecule has 0 saturated heterocycles. The molecule has 1 saturated carbocycles. The molecule has 0 aliphatic heterocycles. The summed E-state index contributed by atoms with van der Waals surface area (Å²) in [7, 11) is 1.87. The maximum atomic E-state index is 13.0. The van der Waals surface area contributed by atoms with Gasteiger partial charge in [-0.15, -0.1) is 0 Å². The van der Waals surface area contributed by atoms with E-state index in [1.54, 1.807) is 12.1 Å². The molecular formula is C19H22F2N2O2. The molecule has 0 bridgehead atoms. The number of hydrogen-bond donors (Lipinski definition) is 2. The summed E-state index contributed by atoms with van der Waals surface area (Å²) in [5, 5.41) is 10.6. The lowest BCUT2D eigenvalue weighted by atomic mass is 10.1. The van der Waals surface area contributed by atoms with Gasteiger partial charge in [-0.2, -0.15) is 0 Å². The summed E-state index contributed by atoms with van der Waals surface area (Å²) >= 11 is 0. The van der Waals surface area contributed by atoms with E-state index in [0.29, 0.717) is 18.7 Å². The maximum Gasteiger partial charge on any atom is 0.128 e. The quantitative estimate of drug-likeness (QED) is 0.871. The highest BCUT2D eigenvalue weighted by Crippen LogP contribution is 2.28. The van der Waals surface area contributed by atoms with Crippen LogP contribution >= 0.6 is 0 Å². The van der Waals surface area contributed by atoms with E-state index in [4.69, 9.17) is 10.5 Å². The molecule has 1 fully saturated rings. The van der Waals surface area contributed by atoms with Gasteiger partial charge in [-0.1, -0.05) is 12.1 Å². The van der Waals surface area contributed by atoms with Gasteiger partial charge in [0.15, 0.2) is 0 Å². The predicted molar refractivity (Wildman–Crippen MR) is 91.1 cm³/mol. The van der Waals surface area contributed by atoms with Crippen LogP contribution in [0.25, 0.3) is 0 Å². The minimum Gasteiger partial charge on any atom is -0.488 e. The number of aliphatic hydroxyl groups excluding tert-OH is 1. The molecule has 134 valence electrons. The molecule has 1 aliphatic rings. The van der Waals surface area contributed by atoms with Crippen molar-refractivity contribution < 1.29 is 18.6 Å². The third-order valence-corrected chi connectivity index (χ3v) is 4.63. The van der Waals surface area contributed by atoms with Crippen LogP contribution in [0.3, 0.4) is 0 Å². The van der Waals surface area contributed by atoms with Gasteiger partial charge in [0.25, 0.3) is 0 Å². The van der Waals surface area contributed by atoms with Gasteiger partial charge in [0.2, 0.25) is 0 Å². The number of nitrogens with two attached hydrogens (primary N) is 1. The Morgan fingerprint density at radius 1 is 1.08 bits per heavy atom. The summed E-state index contributed by atoms with van der Waals surface area (Å²) in [5.41, 5.74) is 7.15. The molecule has 1 aliphatic carbocycles. The second kappa shape index (κ2) is 7.47. The maximum absolute atomic E-state index is 13.0. The van der Waals surface area contributed by atoms with E-state index in [1.807, 2.05) is 11.9 Å². The molecule has 4 nitrogen and oxygen atoms in total. The van der Waals surface area contributed by atoms with Crippen LogP contribution in [0.15, 0.2) is 48.5 Å². The highest BCUT2D eigenvalue weighted by Gasteiger charge is 2.44. The van der Waals surface area contributed by atoms with Crippen molar-refractivity contribution in [3.05, 3.63) is 65.7 Å². The largest absolute Gasteiger partial charge is 0.488 e. The molecule has 0 radical (unpaired) electrons. The molecule has 4 atom stereocenters. The van der Waals surface area contributed by atoms with Crippen molar-refractivity contribution in [3.63, 3.8) is 0 Å². The number of benzene rings is 2. The highest BCUT2D eigenvalue weighted by atomic mass is 19.1. The van der Waals surface area contributed by atoms with Gasteiger partial charge >= 0.3 is 0 Å². The van der Waals surface area contributed by atoms with Gasteiger partial charge in [0, 0.05) is 19.0 Å². The number of rotatable bonds is 5. The summed E-state index contributed by atoms with van der Waals surface area (Å²) in [4.78, 5) is 1.95. The first-order valence-electron chi connectivity index (χ1n) is 8.24. The van der Waals surface area contributed by atoms with Gasteiger partial charge in [0.05, 0.1) is 6.04 Å². The van der Waals surface area contributed by atoms with Crippen LogP contribution in [0.5, 0.6) is 5.75 Å². The number of likely N-dealkylation sites (N-methyl/N-ethyl adjacent to an activating group) is 1. The smallest absolute Gasteiger partial charge is 0.128 e. The van der Waals surface area contributed by atoms with Crippen LogP contribution < -0.4 is 10.5 Å². The van der Waals surface area contributed by atoms with Gasteiger partial charge in [-0.05, 0) is 49.0 Å². The van der Waals surface area contributed by atoms with Gasteiger partial charge < -0.3 is 15.6 Å². The normalized spacial score (nSPS) is 26.2. The highest BCUT2D eigenvalue weighted by molar-refractivity contribution is 5.23. The van der Waals surface area contributed by atoms with Gasteiger partial charge in [-0.3, -0.25) is 4.90 Å². The van der Waals surface area contributed by atoms with E-state index in [2.05, 4.69) is 0 Å². The SMILES string of the molecule is CN(Cc1ccc(F)cc1)[C@@H]1[C@@H](O)[C@H](Oc2ccc(F)cc2)C[C@H]1N. The van der Waals surface area contributed by atoms with E-state index in [1.165, 1.54) is 36.4 Å². The van der Waals surface area contributed by atoms with Crippen LogP contribution in [-0.2, 0) is 6.54 Å². The van der Waals surface area contributed by atoms with Crippen LogP contribution in [0.1, 0.15) is 12.0 Å². The Bertz CT molecular complexity index is 694. The molecule has 0 heterocycles. The fraction of sp³-hybridized carbons (Fsp3) is 0.368. The first-order chi connectivity index (χ1) is 11.9. The van der Waals surface area contributed by atoms with Crippen LogP contribution in [0, 0.1) is 11.6 Å². The minimum atomic E-state index is -0.773. The van der Waals surface area contributed by atoms with E-state index in [0.717, 1.165) is 5.56 Å². The van der Waals surface area contributed by atoms with Crippen molar-refractivity contribution >= 4 is 0 Å². The molecular weight excluding hydrogens is 326 g/mol. The molecule has 3 N–H and O–H groups in total. The number of ether oxygens (including phenoxy) is 1. The van der Waals surface area contributed by atoms with Gasteiger partial charge in [-0.25, -0.2) is 8.78 Å². The predicted octanol–water partition coefficient (Wildman–Crippen LogP) is 2.30. The first kappa shape index (κ1) is 17.8. The third kappa shape index (κ3) is 4.15. The van der Waals surface area contributed by atoms with E-state index < -0.39 is 12.2 Å². The average Bonchev–Trinajstić information content (AvgIpc) is 2.85. The molecule has 6 heteroatoms. The van der Waals surface area contributed by atoms with Crippen molar-refractivity contribution in [1.29, 1.82) is 0 Å². The van der Waals surface area contributed by atoms with Crippen molar-refractivity contribution in [1.82, 2.24) is 4.90 Å². The lowest BCUT2D eigenvalue weighted by molar-refractivity contribution is 0.0137. The molecule has 2 aromatic rings. The zero-order chi connectivity index (χ0) is 18.0. The Balaban J connectivity index is 1.65. The second-order valence-corrected chi connectivity index (χ2v) is 6.53. The van der Waals surface area contributed by atoms with E-state index in [-0.39, 0.29) is 23.7 Å². The zero-order valence-corrected chi connectivity index (χ0v) is 14.0. The fourth-order valence-corrected chi connectivity index (χ4v) is 3.40. The number of nitrogens with zero attached hydrogens (tertiary/aromatic N) is 1. The molecule has 0 amide bonds. The standard InChI is InChI=1S/C19H22F2N2O2/c1-23(11-12-2-4-13(20)5-3-12)18-16(22)10-17(19(18)24)25-15-8-6-14(21)7-9-15/h2-9,16-19,24H,10-11,22H2,1H3/t16-,17-,18+,19+/m1/s1. The Labute approximate surface area is 145 Å². The van der Waals surface area contributed by atoms with Crippen molar-refractivity contribution in [2.24, 2.45) is 5.73 Å². The second-order valence-electron chi connectivity index (χ2n) is 6.53. The number of hydrogen-bond acceptors (Lipinski definition) is 4. The molecule has 0 unspecified atom stereocenters. The molecule has 2 aromatic carbocycles. The minimum absolute atomic E-state index is 0.258.